The molecule has 0 aliphatic carbocycles. The van der Waals surface area contributed by atoms with Crippen LogP contribution >= 0.6 is 0 Å². The molecule has 0 heterocycles. The van der Waals surface area contributed by atoms with Crippen LogP contribution in [0.3, 0.4) is 0 Å². The number of carbonyl (C=O) groups excluding carboxylic acids is 4. The van der Waals surface area contributed by atoms with Gasteiger partial charge in [0.1, 0.15) is 12.6 Å². The molecule has 0 aromatic carbocycles. The molecule has 1 atom stereocenters. The van der Waals surface area contributed by atoms with E-state index in [-0.39, 0.29) is 19.4 Å². The zero-order chi connectivity index (χ0) is 10.8. The van der Waals surface area contributed by atoms with E-state index in [0.29, 0.717) is 18.9 Å². The van der Waals surface area contributed by atoms with Gasteiger partial charge in [-0.15, -0.1) is 0 Å². The maximum absolute atomic E-state index is 10.8. The van der Waals surface area contributed by atoms with Crippen molar-refractivity contribution in [2.45, 2.75) is 18.9 Å². The van der Waals surface area contributed by atoms with Crippen molar-refractivity contribution in [3.05, 3.63) is 0 Å². The first-order valence-electron chi connectivity index (χ1n) is 4.01. The predicted molar refractivity (Wildman–Crippen MR) is 45.7 cm³/mol. The minimum absolute atomic E-state index is 0.143. The Morgan fingerprint density at radius 1 is 1.29 bits per heavy atom. The summed E-state index contributed by atoms with van der Waals surface area (Å²) in [5.41, 5.74) is 0. The number of aldehydes is 3. The van der Waals surface area contributed by atoms with Gasteiger partial charge in [-0.3, -0.25) is 4.79 Å². The van der Waals surface area contributed by atoms with Crippen LogP contribution in [0, 0.1) is 0 Å². The van der Waals surface area contributed by atoms with Gasteiger partial charge in [-0.1, -0.05) is 0 Å². The SMILES string of the molecule is O=CCC[C@@H](C=O)OC(=O)NCC=O. The highest BCUT2D eigenvalue weighted by atomic mass is 16.6. The van der Waals surface area contributed by atoms with Crippen molar-refractivity contribution in [3.8, 4) is 0 Å². The number of alkyl carbamates (subject to hydrolysis) is 1. The second-order valence-corrected chi connectivity index (χ2v) is 2.37. The topological polar surface area (TPSA) is 89.5 Å². The molecule has 0 saturated heterocycles. The van der Waals surface area contributed by atoms with Crippen LogP contribution in [0.25, 0.3) is 0 Å². The lowest BCUT2D eigenvalue weighted by atomic mass is 10.2. The molecule has 0 radical (unpaired) electrons. The van der Waals surface area contributed by atoms with Crippen LogP contribution < -0.4 is 5.32 Å². The number of hydrogen-bond acceptors (Lipinski definition) is 5. The third-order valence-electron chi connectivity index (χ3n) is 1.31. The molecule has 0 saturated carbocycles. The third-order valence-corrected chi connectivity index (χ3v) is 1.31. The predicted octanol–water partition coefficient (Wildman–Crippen LogP) is -0.542. The van der Waals surface area contributed by atoms with Gasteiger partial charge in [0.05, 0.1) is 6.54 Å². The molecular weight excluding hydrogens is 190 g/mol. The lowest BCUT2D eigenvalue weighted by Crippen LogP contribution is -2.30. The van der Waals surface area contributed by atoms with Gasteiger partial charge in [-0.2, -0.15) is 0 Å². The first-order chi connectivity index (χ1) is 6.74. The van der Waals surface area contributed by atoms with Gasteiger partial charge in [0, 0.05) is 6.42 Å². The van der Waals surface area contributed by atoms with Crippen LogP contribution in [0.4, 0.5) is 4.79 Å². The van der Waals surface area contributed by atoms with Crippen molar-refractivity contribution >= 4 is 25.0 Å². The van der Waals surface area contributed by atoms with Crippen molar-refractivity contribution in [1.82, 2.24) is 5.32 Å². The van der Waals surface area contributed by atoms with Crippen LogP contribution in [-0.4, -0.2) is 37.6 Å². The average molecular weight is 201 g/mol. The number of carbonyl (C=O) groups is 4. The molecule has 0 bridgehead atoms. The largest absolute Gasteiger partial charge is 0.439 e. The van der Waals surface area contributed by atoms with Gasteiger partial charge >= 0.3 is 6.09 Å². The van der Waals surface area contributed by atoms with Gasteiger partial charge in [-0.25, -0.2) is 4.79 Å². The van der Waals surface area contributed by atoms with E-state index in [4.69, 9.17) is 0 Å². The van der Waals surface area contributed by atoms with E-state index < -0.39 is 12.2 Å². The molecule has 0 aromatic rings. The summed E-state index contributed by atoms with van der Waals surface area (Å²) in [5.74, 6) is 0. The Morgan fingerprint density at radius 2 is 2.00 bits per heavy atom. The van der Waals surface area contributed by atoms with Gasteiger partial charge in [0.25, 0.3) is 0 Å². The normalized spacial score (nSPS) is 11.1. The Bertz CT molecular complexity index is 216. The first kappa shape index (κ1) is 12.3. The Hall–Kier alpha value is -1.72. The average Bonchev–Trinajstić information content (AvgIpc) is 2.21. The van der Waals surface area contributed by atoms with E-state index in [9.17, 15) is 19.2 Å². The molecule has 78 valence electrons. The quantitative estimate of drug-likeness (QED) is 0.558. The highest BCUT2D eigenvalue weighted by Crippen LogP contribution is 1.98. The van der Waals surface area contributed by atoms with Crippen molar-refractivity contribution in [2.24, 2.45) is 0 Å². The molecule has 0 unspecified atom stereocenters. The fraction of sp³-hybridized carbons (Fsp3) is 0.500. The minimum atomic E-state index is -0.938. The maximum atomic E-state index is 10.8. The summed E-state index contributed by atoms with van der Waals surface area (Å²) in [5, 5.41) is 2.10. The second kappa shape index (κ2) is 7.90. The summed E-state index contributed by atoms with van der Waals surface area (Å²) in [4.78, 5) is 40.9. The van der Waals surface area contributed by atoms with E-state index >= 15 is 0 Å². The molecule has 14 heavy (non-hydrogen) atoms. The van der Waals surface area contributed by atoms with Gasteiger partial charge in [0.2, 0.25) is 0 Å². The molecule has 1 N–H and O–H groups in total. The molecule has 6 heteroatoms. The number of rotatable bonds is 7. The fourth-order valence-corrected chi connectivity index (χ4v) is 0.691. The molecule has 0 aliphatic heterocycles. The molecule has 1 amide bonds. The summed E-state index contributed by atoms with van der Waals surface area (Å²) in [6.07, 6.45) is 0.0636. The van der Waals surface area contributed by atoms with Crippen LogP contribution in [0.1, 0.15) is 12.8 Å². The van der Waals surface area contributed by atoms with Crippen molar-refractivity contribution < 1.29 is 23.9 Å². The Kier molecular flexibility index (Phi) is 6.93. The third kappa shape index (κ3) is 5.87. The Balaban J connectivity index is 3.78. The van der Waals surface area contributed by atoms with Gasteiger partial charge < -0.3 is 19.6 Å². The van der Waals surface area contributed by atoms with Crippen molar-refractivity contribution in [2.75, 3.05) is 6.54 Å². The standard InChI is InChI=1S/C8H11NO5/c10-4-1-2-7(6-12)14-8(13)9-3-5-11/h4-7H,1-3H2,(H,9,13)/t7-/m0/s1. The van der Waals surface area contributed by atoms with Crippen molar-refractivity contribution in [1.29, 1.82) is 0 Å². The van der Waals surface area contributed by atoms with E-state index in [2.05, 4.69) is 10.1 Å². The fourth-order valence-electron chi connectivity index (χ4n) is 0.691. The van der Waals surface area contributed by atoms with E-state index in [1.807, 2.05) is 0 Å². The first-order valence-corrected chi connectivity index (χ1v) is 4.01. The molecular formula is C8H11NO5. The van der Waals surface area contributed by atoms with Crippen LogP contribution in [0.15, 0.2) is 0 Å². The smallest absolute Gasteiger partial charge is 0.408 e. The number of amides is 1. The van der Waals surface area contributed by atoms with Crippen molar-refractivity contribution in [3.63, 3.8) is 0 Å². The zero-order valence-corrected chi connectivity index (χ0v) is 7.47. The highest BCUT2D eigenvalue weighted by molar-refractivity contribution is 5.73. The summed E-state index contributed by atoms with van der Waals surface area (Å²) < 4.78 is 4.57. The Morgan fingerprint density at radius 3 is 2.50 bits per heavy atom. The van der Waals surface area contributed by atoms with E-state index in [1.54, 1.807) is 0 Å². The second-order valence-electron chi connectivity index (χ2n) is 2.37. The van der Waals surface area contributed by atoms with E-state index in [0.717, 1.165) is 0 Å². The molecule has 0 rings (SSSR count). The summed E-state index contributed by atoms with van der Waals surface area (Å²) in [7, 11) is 0. The van der Waals surface area contributed by atoms with E-state index in [1.165, 1.54) is 0 Å². The summed E-state index contributed by atoms with van der Waals surface area (Å²) in [6, 6.07) is 0. The lowest BCUT2D eigenvalue weighted by molar-refractivity contribution is -0.116. The highest BCUT2D eigenvalue weighted by Gasteiger charge is 2.11. The molecule has 0 spiro atoms. The monoisotopic (exact) mass is 201 g/mol. The zero-order valence-electron chi connectivity index (χ0n) is 7.47. The number of ether oxygens (including phenoxy) is 1. The molecule has 6 nitrogen and oxygen atoms in total. The number of hydrogen-bond donors (Lipinski definition) is 1. The number of nitrogens with one attached hydrogen (secondary N) is 1. The summed E-state index contributed by atoms with van der Waals surface area (Å²) in [6.45, 7) is -0.169. The Labute approximate surface area is 80.6 Å². The van der Waals surface area contributed by atoms with Gasteiger partial charge in [-0.05, 0) is 6.42 Å². The van der Waals surface area contributed by atoms with Crippen LogP contribution in [0.5, 0.6) is 0 Å². The minimum Gasteiger partial charge on any atom is -0.439 e. The molecule has 0 fully saturated rings. The molecule has 0 aromatic heterocycles. The maximum Gasteiger partial charge on any atom is 0.408 e. The lowest BCUT2D eigenvalue weighted by Gasteiger charge is -2.09. The summed E-state index contributed by atoms with van der Waals surface area (Å²) >= 11 is 0. The van der Waals surface area contributed by atoms with Gasteiger partial charge in [0.15, 0.2) is 12.4 Å². The van der Waals surface area contributed by atoms with Crippen LogP contribution in [-0.2, 0) is 19.1 Å². The van der Waals surface area contributed by atoms with Crippen LogP contribution in [0.2, 0.25) is 0 Å². The molecule has 0 aliphatic rings.